The highest BCUT2D eigenvalue weighted by Crippen LogP contribution is 2.38. The summed E-state index contributed by atoms with van der Waals surface area (Å²) in [4.78, 5) is 40.8. The molecular formula is C18H29N3O3. The predicted molar refractivity (Wildman–Crippen MR) is 90.3 cm³/mol. The molecule has 4 amide bonds. The van der Waals surface area contributed by atoms with Crippen molar-refractivity contribution in [1.29, 1.82) is 0 Å². The van der Waals surface area contributed by atoms with E-state index >= 15 is 0 Å². The molecule has 1 saturated heterocycles. The van der Waals surface area contributed by atoms with E-state index in [1.807, 2.05) is 6.92 Å². The molecule has 1 aliphatic heterocycles. The molecule has 2 aliphatic carbocycles. The van der Waals surface area contributed by atoms with Crippen LogP contribution in [0.25, 0.3) is 0 Å². The van der Waals surface area contributed by atoms with Crippen LogP contribution in [-0.4, -0.2) is 52.8 Å². The van der Waals surface area contributed by atoms with Crippen LogP contribution in [0, 0.1) is 5.92 Å². The molecule has 0 bridgehead atoms. The smallest absolute Gasteiger partial charge is 0.325 e. The monoisotopic (exact) mass is 335 g/mol. The van der Waals surface area contributed by atoms with Crippen molar-refractivity contribution in [3.8, 4) is 0 Å². The number of nitrogens with one attached hydrogen (secondary N) is 1. The highest BCUT2D eigenvalue weighted by atomic mass is 16.2. The number of urea groups is 1. The highest BCUT2D eigenvalue weighted by Gasteiger charge is 2.55. The summed E-state index contributed by atoms with van der Waals surface area (Å²) in [5, 5.41) is 2.91. The number of carbonyl (C=O) groups is 3. The zero-order valence-electron chi connectivity index (χ0n) is 14.8. The van der Waals surface area contributed by atoms with Gasteiger partial charge in [0.25, 0.3) is 5.91 Å². The molecule has 1 heterocycles. The van der Waals surface area contributed by atoms with E-state index in [9.17, 15) is 14.4 Å². The number of hydrogen-bond donors (Lipinski definition) is 1. The third-order valence-corrected chi connectivity index (χ3v) is 6.31. The van der Waals surface area contributed by atoms with E-state index in [1.165, 1.54) is 6.42 Å². The number of rotatable bonds is 3. The minimum absolute atomic E-state index is 0.124. The van der Waals surface area contributed by atoms with Crippen LogP contribution in [0.1, 0.15) is 64.7 Å². The molecule has 6 heteroatoms. The van der Waals surface area contributed by atoms with E-state index < -0.39 is 11.6 Å². The molecular weight excluding hydrogens is 306 g/mol. The molecule has 0 aromatic heterocycles. The zero-order chi connectivity index (χ0) is 17.3. The van der Waals surface area contributed by atoms with Gasteiger partial charge in [-0.3, -0.25) is 14.5 Å². The Balaban J connectivity index is 1.67. The molecule has 1 spiro atoms. The fourth-order valence-corrected chi connectivity index (χ4v) is 4.56. The van der Waals surface area contributed by atoms with Gasteiger partial charge in [-0.15, -0.1) is 0 Å². The van der Waals surface area contributed by atoms with Crippen molar-refractivity contribution in [2.24, 2.45) is 5.92 Å². The lowest BCUT2D eigenvalue weighted by Gasteiger charge is -2.37. The lowest BCUT2D eigenvalue weighted by atomic mass is 9.73. The molecule has 0 unspecified atom stereocenters. The number of carbonyl (C=O) groups excluding carboxylic acids is 3. The molecule has 1 N–H and O–H groups in total. The van der Waals surface area contributed by atoms with Crippen molar-refractivity contribution in [2.75, 3.05) is 13.6 Å². The van der Waals surface area contributed by atoms with Gasteiger partial charge < -0.3 is 10.2 Å². The molecule has 0 aromatic carbocycles. The van der Waals surface area contributed by atoms with Crippen molar-refractivity contribution >= 4 is 17.8 Å². The Hall–Kier alpha value is -1.59. The third-order valence-electron chi connectivity index (χ3n) is 6.31. The van der Waals surface area contributed by atoms with Gasteiger partial charge >= 0.3 is 6.03 Å². The minimum atomic E-state index is -0.779. The van der Waals surface area contributed by atoms with Gasteiger partial charge in [0, 0.05) is 13.1 Å². The number of amides is 4. The molecule has 0 aromatic rings. The second-order valence-corrected chi connectivity index (χ2v) is 7.74. The lowest BCUT2D eigenvalue weighted by Crippen LogP contribution is -2.54. The minimum Gasteiger partial charge on any atom is -0.341 e. The molecule has 2 saturated carbocycles. The maximum absolute atomic E-state index is 12.9. The molecule has 2 atom stereocenters. The molecule has 6 nitrogen and oxygen atoms in total. The Labute approximate surface area is 143 Å². The topological polar surface area (TPSA) is 69.7 Å². The fraction of sp³-hybridized carbons (Fsp3) is 0.833. The Morgan fingerprint density at radius 3 is 2.50 bits per heavy atom. The van der Waals surface area contributed by atoms with Crippen LogP contribution in [0.2, 0.25) is 0 Å². The summed E-state index contributed by atoms with van der Waals surface area (Å²) in [5.74, 6) is -0.213. The summed E-state index contributed by atoms with van der Waals surface area (Å²) in [5.41, 5.74) is -0.779. The van der Waals surface area contributed by atoms with Crippen LogP contribution in [0.15, 0.2) is 0 Å². The van der Waals surface area contributed by atoms with Gasteiger partial charge in [-0.05, 0) is 31.6 Å². The van der Waals surface area contributed by atoms with Crippen LogP contribution in [0.3, 0.4) is 0 Å². The van der Waals surface area contributed by atoms with Crippen LogP contribution in [-0.2, 0) is 9.59 Å². The van der Waals surface area contributed by atoms with E-state index in [1.54, 1.807) is 11.9 Å². The average Bonchev–Trinajstić information content (AvgIpc) is 2.82. The van der Waals surface area contributed by atoms with E-state index in [-0.39, 0.29) is 30.3 Å². The second kappa shape index (κ2) is 6.73. The fourth-order valence-electron chi connectivity index (χ4n) is 4.56. The van der Waals surface area contributed by atoms with Crippen LogP contribution in [0.4, 0.5) is 4.79 Å². The average molecular weight is 335 g/mol. The quantitative estimate of drug-likeness (QED) is 0.805. The number of imide groups is 1. The van der Waals surface area contributed by atoms with Crippen LogP contribution < -0.4 is 5.32 Å². The lowest BCUT2D eigenvalue weighted by molar-refractivity contribution is -0.141. The Bertz CT molecular complexity index is 530. The van der Waals surface area contributed by atoms with Gasteiger partial charge in [0.15, 0.2) is 0 Å². The highest BCUT2D eigenvalue weighted by molar-refractivity contribution is 6.09. The van der Waals surface area contributed by atoms with Crippen molar-refractivity contribution < 1.29 is 14.4 Å². The molecule has 3 aliphatic rings. The normalized spacial score (nSPS) is 31.4. The van der Waals surface area contributed by atoms with E-state index in [0.29, 0.717) is 6.42 Å². The third kappa shape index (κ3) is 2.91. The predicted octanol–water partition coefficient (Wildman–Crippen LogP) is 2.28. The van der Waals surface area contributed by atoms with Crippen molar-refractivity contribution in [1.82, 2.24) is 15.1 Å². The van der Waals surface area contributed by atoms with Gasteiger partial charge in [0.1, 0.15) is 12.1 Å². The van der Waals surface area contributed by atoms with Crippen LogP contribution in [0.5, 0.6) is 0 Å². The summed E-state index contributed by atoms with van der Waals surface area (Å²) in [6.07, 6.45) is 9.21. The first kappa shape index (κ1) is 17.2. The Morgan fingerprint density at radius 1 is 1.17 bits per heavy atom. The molecule has 24 heavy (non-hydrogen) atoms. The first-order chi connectivity index (χ1) is 11.5. The zero-order valence-corrected chi connectivity index (χ0v) is 14.8. The van der Waals surface area contributed by atoms with Gasteiger partial charge in [-0.1, -0.05) is 39.0 Å². The number of nitrogens with zero attached hydrogens (tertiary/aromatic N) is 2. The Kier molecular flexibility index (Phi) is 4.83. The SMILES string of the molecule is C[C@H]1CCCC[C@@]12NC(=O)N(CC(=O)N(C)C1CCCCC1)C2=O. The maximum Gasteiger partial charge on any atom is 0.325 e. The van der Waals surface area contributed by atoms with Crippen LogP contribution >= 0.6 is 0 Å². The van der Waals surface area contributed by atoms with E-state index in [2.05, 4.69) is 5.32 Å². The summed E-state index contributed by atoms with van der Waals surface area (Å²) >= 11 is 0. The van der Waals surface area contributed by atoms with Gasteiger partial charge in [0.2, 0.25) is 5.91 Å². The van der Waals surface area contributed by atoms with Crippen molar-refractivity contribution in [2.45, 2.75) is 76.3 Å². The van der Waals surface area contributed by atoms with Gasteiger partial charge in [0.05, 0.1) is 0 Å². The van der Waals surface area contributed by atoms with Crippen molar-refractivity contribution in [3.05, 3.63) is 0 Å². The number of likely N-dealkylation sites (N-methyl/N-ethyl adjacent to an activating group) is 1. The molecule has 134 valence electrons. The first-order valence-electron chi connectivity index (χ1n) is 9.35. The summed E-state index contributed by atoms with van der Waals surface area (Å²) in [6, 6.07) is -0.159. The van der Waals surface area contributed by atoms with Gasteiger partial charge in [-0.2, -0.15) is 0 Å². The summed E-state index contributed by atoms with van der Waals surface area (Å²) in [6.45, 7) is 1.89. The summed E-state index contributed by atoms with van der Waals surface area (Å²) < 4.78 is 0. The second-order valence-electron chi connectivity index (χ2n) is 7.74. The maximum atomic E-state index is 12.9. The first-order valence-corrected chi connectivity index (χ1v) is 9.35. The molecule has 0 radical (unpaired) electrons. The molecule has 3 rings (SSSR count). The largest absolute Gasteiger partial charge is 0.341 e. The summed E-state index contributed by atoms with van der Waals surface area (Å²) in [7, 11) is 1.80. The number of hydrogen-bond acceptors (Lipinski definition) is 3. The van der Waals surface area contributed by atoms with E-state index in [4.69, 9.17) is 0 Å². The standard InChI is InChI=1S/C18H29N3O3/c1-13-8-6-7-11-18(13)16(23)21(17(24)19-18)12-15(22)20(2)14-9-4-3-5-10-14/h13-14H,3-12H2,1-2H3,(H,19,24)/t13-,18+/m0/s1. The molecule has 3 fully saturated rings. The van der Waals surface area contributed by atoms with Crippen molar-refractivity contribution in [3.63, 3.8) is 0 Å². The van der Waals surface area contributed by atoms with Gasteiger partial charge in [-0.25, -0.2) is 4.79 Å². The Morgan fingerprint density at radius 2 is 1.83 bits per heavy atom. The van der Waals surface area contributed by atoms with E-state index in [0.717, 1.165) is 49.8 Å².